The third-order valence-corrected chi connectivity index (χ3v) is 1.88. The lowest BCUT2D eigenvalue weighted by Gasteiger charge is -2.02. The Balaban J connectivity index is 2.96. The van der Waals surface area contributed by atoms with Gasteiger partial charge >= 0.3 is 6.03 Å². The summed E-state index contributed by atoms with van der Waals surface area (Å²) >= 11 is 0. The van der Waals surface area contributed by atoms with Crippen LogP contribution in [0.2, 0.25) is 0 Å². The maximum atomic E-state index is 10.7. The molecule has 1 aromatic carbocycles. The van der Waals surface area contributed by atoms with Gasteiger partial charge in [0.15, 0.2) is 0 Å². The molecule has 8 heteroatoms. The zero-order valence-corrected chi connectivity index (χ0v) is 9.01. The predicted molar refractivity (Wildman–Crippen MR) is 63.0 cm³/mol. The Morgan fingerprint density at radius 1 is 1.59 bits per heavy atom. The first-order valence-electron chi connectivity index (χ1n) is 4.59. The Kier molecular flexibility index (Phi) is 3.98. The van der Waals surface area contributed by atoms with Gasteiger partial charge in [-0.2, -0.15) is 5.10 Å². The van der Waals surface area contributed by atoms with Gasteiger partial charge in [-0.05, 0) is 6.07 Å². The molecule has 2 amide bonds. The van der Waals surface area contributed by atoms with Gasteiger partial charge in [0.05, 0.1) is 11.1 Å². The second-order valence-corrected chi connectivity index (χ2v) is 3.02. The minimum Gasteiger partial charge on any atom is -0.383 e. The van der Waals surface area contributed by atoms with Gasteiger partial charge in [-0.1, -0.05) is 6.07 Å². The number of carbonyl (C=O) groups is 1. The number of carbonyl (C=O) groups excluding carboxylic acids is 1. The fraction of sp³-hybridized carbons (Fsp3) is 0.111. The second kappa shape index (κ2) is 5.45. The van der Waals surface area contributed by atoms with Crippen LogP contribution in [0.15, 0.2) is 23.3 Å². The highest BCUT2D eigenvalue weighted by Crippen LogP contribution is 2.24. The molecule has 0 unspecified atom stereocenters. The Hall–Kier alpha value is -2.64. The highest BCUT2D eigenvalue weighted by molar-refractivity contribution is 5.84. The molecule has 0 aliphatic heterocycles. The lowest BCUT2D eigenvalue weighted by Crippen LogP contribution is -2.24. The van der Waals surface area contributed by atoms with Crippen molar-refractivity contribution < 1.29 is 9.72 Å². The van der Waals surface area contributed by atoms with Gasteiger partial charge in [0.1, 0.15) is 5.69 Å². The van der Waals surface area contributed by atoms with E-state index in [0.717, 1.165) is 0 Å². The topological polar surface area (TPSA) is 123 Å². The minimum atomic E-state index is -0.803. The number of hydrazone groups is 1. The highest BCUT2D eigenvalue weighted by atomic mass is 16.6. The van der Waals surface area contributed by atoms with E-state index in [0.29, 0.717) is 11.3 Å². The number of benzene rings is 1. The van der Waals surface area contributed by atoms with Gasteiger partial charge in [0, 0.05) is 18.7 Å². The molecule has 0 fully saturated rings. The Morgan fingerprint density at radius 3 is 2.82 bits per heavy atom. The molecule has 1 rings (SSSR count). The van der Waals surface area contributed by atoms with Crippen molar-refractivity contribution in [3.63, 3.8) is 0 Å². The smallest absolute Gasteiger partial charge is 0.332 e. The number of urea groups is 1. The average Bonchev–Trinajstić information content (AvgIpc) is 2.28. The molecule has 0 aliphatic carbocycles. The van der Waals surface area contributed by atoms with Gasteiger partial charge in [0.2, 0.25) is 0 Å². The van der Waals surface area contributed by atoms with Crippen LogP contribution < -0.4 is 16.5 Å². The van der Waals surface area contributed by atoms with E-state index < -0.39 is 11.0 Å². The summed E-state index contributed by atoms with van der Waals surface area (Å²) in [6.45, 7) is 0. The van der Waals surface area contributed by atoms with Crippen molar-refractivity contribution in [1.29, 1.82) is 0 Å². The van der Waals surface area contributed by atoms with Crippen LogP contribution in [0.5, 0.6) is 0 Å². The first-order valence-corrected chi connectivity index (χ1v) is 4.59. The Morgan fingerprint density at radius 2 is 2.29 bits per heavy atom. The molecular formula is C9H11N5O3. The fourth-order valence-electron chi connectivity index (χ4n) is 1.16. The molecule has 0 spiro atoms. The SMILES string of the molecule is CNc1ccc(/C=N/NC(N)=O)cc1[N+](=O)[O-]. The zero-order valence-electron chi connectivity index (χ0n) is 9.01. The number of anilines is 1. The average molecular weight is 237 g/mol. The van der Waals surface area contributed by atoms with E-state index in [1.54, 1.807) is 19.2 Å². The number of nitrogens with two attached hydrogens (primary N) is 1. The lowest BCUT2D eigenvalue weighted by atomic mass is 10.2. The molecule has 4 N–H and O–H groups in total. The van der Waals surface area contributed by atoms with Crippen LogP contribution in [0.25, 0.3) is 0 Å². The van der Waals surface area contributed by atoms with Crippen LogP contribution in [0.1, 0.15) is 5.56 Å². The van der Waals surface area contributed by atoms with Gasteiger partial charge < -0.3 is 11.1 Å². The van der Waals surface area contributed by atoms with Gasteiger partial charge in [-0.25, -0.2) is 10.2 Å². The predicted octanol–water partition coefficient (Wildman–Crippen LogP) is 0.639. The van der Waals surface area contributed by atoms with E-state index in [1.807, 2.05) is 5.43 Å². The minimum absolute atomic E-state index is 0.0736. The molecule has 0 saturated carbocycles. The van der Waals surface area contributed by atoms with E-state index in [9.17, 15) is 14.9 Å². The summed E-state index contributed by atoms with van der Waals surface area (Å²) in [6.07, 6.45) is 1.26. The standard InChI is InChI=1S/C9H11N5O3/c1-11-7-3-2-6(4-8(7)14(16)17)5-12-13-9(10)15/h2-5,11H,1H3,(H3,10,13,15)/b12-5+. The number of nitrogens with one attached hydrogen (secondary N) is 2. The number of nitrogens with zero attached hydrogens (tertiary/aromatic N) is 2. The molecule has 0 radical (unpaired) electrons. The van der Waals surface area contributed by atoms with Crippen LogP contribution in [-0.4, -0.2) is 24.2 Å². The largest absolute Gasteiger partial charge is 0.383 e. The summed E-state index contributed by atoms with van der Waals surface area (Å²) in [5.41, 5.74) is 7.59. The number of amides is 2. The molecule has 1 aromatic rings. The van der Waals surface area contributed by atoms with Crippen LogP contribution in [-0.2, 0) is 0 Å². The number of hydrogen-bond acceptors (Lipinski definition) is 5. The summed E-state index contributed by atoms with van der Waals surface area (Å²) in [5.74, 6) is 0. The lowest BCUT2D eigenvalue weighted by molar-refractivity contribution is -0.383. The van der Waals surface area contributed by atoms with Crippen LogP contribution >= 0.6 is 0 Å². The second-order valence-electron chi connectivity index (χ2n) is 3.02. The van der Waals surface area contributed by atoms with Crippen molar-refractivity contribution in [2.45, 2.75) is 0 Å². The van der Waals surface area contributed by atoms with Crippen molar-refractivity contribution in [2.24, 2.45) is 10.8 Å². The van der Waals surface area contributed by atoms with Gasteiger partial charge in [-0.15, -0.1) is 0 Å². The maximum Gasteiger partial charge on any atom is 0.332 e. The Labute approximate surface area is 96.6 Å². The third kappa shape index (κ3) is 3.45. The fourth-order valence-corrected chi connectivity index (χ4v) is 1.16. The first kappa shape index (κ1) is 12.4. The first-order chi connectivity index (χ1) is 8.04. The Bertz CT molecular complexity index is 472. The monoisotopic (exact) mass is 237 g/mol. The molecule has 0 bridgehead atoms. The number of rotatable bonds is 4. The molecular weight excluding hydrogens is 226 g/mol. The van der Waals surface area contributed by atoms with Gasteiger partial charge in [0.25, 0.3) is 5.69 Å². The van der Waals surface area contributed by atoms with E-state index in [4.69, 9.17) is 5.73 Å². The molecule has 0 heterocycles. The molecule has 0 atom stereocenters. The maximum absolute atomic E-state index is 10.7. The number of primary amides is 1. The van der Waals surface area contributed by atoms with Crippen LogP contribution in [0, 0.1) is 10.1 Å². The number of hydrogen-bond donors (Lipinski definition) is 3. The van der Waals surface area contributed by atoms with Crippen LogP contribution in [0.4, 0.5) is 16.2 Å². The summed E-state index contributed by atoms with van der Waals surface area (Å²) in [5, 5.41) is 17.0. The normalized spacial score (nSPS) is 10.2. The quantitative estimate of drug-likeness (QED) is 0.404. The highest BCUT2D eigenvalue weighted by Gasteiger charge is 2.12. The zero-order chi connectivity index (χ0) is 12.8. The summed E-state index contributed by atoms with van der Waals surface area (Å²) in [7, 11) is 1.59. The summed E-state index contributed by atoms with van der Waals surface area (Å²) in [6, 6.07) is 3.69. The third-order valence-electron chi connectivity index (χ3n) is 1.88. The molecule has 90 valence electrons. The van der Waals surface area contributed by atoms with E-state index in [-0.39, 0.29) is 5.69 Å². The molecule has 0 aliphatic rings. The molecule has 0 aromatic heterocycles. The number of nitro groups is 1. The van der Waals surface area contributed by atoms with E-state index >= 15 is 0 Å². The van der Waals surface area contributed by atoms with E-state index in [2.05, 4.69) is 10.4 Å². The number of nitro benzene ring substituents is 1. The van der Waals surface area contributed by atoms with Crippen LogP contribution in [0.3, 0.4) is 0 Å². The van der Waals surface area contributed by atoms with Crippen molar-refractivity contribution in [3.8, 4) is 0 Å². The van der Waals surface area contributed by atoms with Crippen molar-refractivity contribution in [2.75, 3.05) is 12.4 Å². The molecule has 8 nitrogen and oxygen atoms in total. The molecule has 0 saturated heterocycles. The van der Waals surface area contributed by atoms with Gasteiger partial charge in [-0.3, -0.25) is 10.1 Å². The van der Waals surface area contributed by atoms with Crippen molar-refractivity contribution >= 4 is 23.6 Å². The van der Waals surface area contributed by atoms with E-state index in [1.165, 1.54) is 12.3 Å². The summed E-state index contributed by atoms with van der Waals surface area (Å²) < 4.78 is 0. The van der Waals surface area contributed by atoms with Crippen molar-refractivity contribution in [1.82, 2.24) is 5.43 Å². The molecule has 17 heavy (non-hydrogen) atoms. The van der Waals surface area contributed by atoms with Crippen molar-refractivity contribution in [3.05, 3.63) is 33.9 Å². The summed E-state index contributed by atoms with van der Waals surface area (Å²) in [4.78, 5) is 20.6.